The van der Waals surface area contributed by atoms with Crippen LogP contribution in [0.3, 0.4) is 0 Å². The molecule has 3 rings (SSSR count). The van der Waals surface area contributed by atoms with Crippen LogP contribution in [0.25, 0.3) is 11.4 Å². The summed E-state index contributed by atoms with van der Waals surface area (Å²) < 4.78 is 37.8. The van der Waals surface area contributed by atoms with Gasteiger partial charge in [0.25, 0.3) is 10.0 Å². The van der Waals surface area contributed by atoms with E-state index in [2.05, 4.69) is 4.98 Å². The Balaban J connectivity index is 2.15. The third-order valence-corrected chi connectivity index (χ3v) is 5.64. The molecule has 0 aliphatic rings. The number of benzene rings is 2. The summed E-state index contributed by atoms with van der Waals surface area (Å²) in [6.45, 7) is 2.24. The molecular weight excluding hydrogens is 376 g/mol. The van der Waals surface area contributed by atoms with E-state index >= 15 is 0 Å². The van der Waals surface area contributed by atoms with Crippen molar-refractivity contribution in [3.63, 3.8) is 0 Å². The highest BCUT2D eigenvalue weighted by molar-refractivity contribution is 7.90. The minimum absolute atomic E-state index is 0.170. The van der Waals surface area contributed by atoms with Crippen LogP contribution in [0.4, 0.5) is 0 Å². The topological polar surface area (TPSA) is 70.4 Å². The molecular formula is C18H17ClN2O4S. The molecule has 3 aromatic rings. The molecule has 0 N–H and O–H groups in total. The quantitative estimate of drug-likeness (QED) is 0.637. The van der Waals surface area contributed by atoms with Gasteiger partial charge in [-0.05, 0) is 31.2 Å². The molecule has 26 heavy (non-hydrogen) atoms. The zero-order valence-corrected chi connectivity index (χ0v) is 15.8. The van der Waals surface area contributed by atoms with Crippen molar-refractivity contribution in [1.29, 1.82) is 0 Å². The van der Waals surface area contributed by atoms with Crippen molar-refractivity contribution < 1.29 is 17.9 Å². The SMILES string of the molecule is CCOc1cc(-c2nccn2S(=O)(=O)c2ccccc2)cc(Cl)c1OC. The highest BCUT2D eigenvalue weighted by atomic mass is 35.5. The lowest BCUT2D eigenvalue weighted by molar-refractivity contribution is 0.311. The molecule has 6 nitrogen and oxygen atoms in total. The summed E-state index contributed by atoms with van der Waals surface area (Å²) in [6, 6.07) is 11.4. The minimum atomic E-state index is -3.79. The van der Waals surface area contributed by atoms with E-state index in [4.69, 9.17) is 21.1 Å². The summed E-state index contributed by atoms with van der Waals surface area (Å²) in [5.74, 6) is 1.05. The average Bonchev–Trinajstić information content (AvgIpc) is 3.13. The van der Waals surface area contributed by atoms with Crippen molar-refractivity contribution in [2.45, 2.75) is 11.8 Å². The van der Waals surface area contributed by atoms with Gasteiger partial charge in [0.2, 0.25) is 0 Å². The Morgan fingerprint density at radius 3 is 2.58 bits per heavy atom. The van der Waals surface area contributed by atoms with Crippen molar-refractivity contribution in [3.8, 4) is 22.9 Å². The van der Waals surface area contributed by atoms with Crippen LogP contribution in [0, 0.1) is 0 Å². The van der Waals surface area contributed by atoms with Gasteiger partial charge in [0.05, 0.1) is 23.6 Å². The largest absolute Gasteiger partial charge is 0.491 e. The van der Waals surface area contributed by atoms with E-state index in [1.165, 1.54) is 31.6 Å². The minimum Gasteiger partial charge on any atom is -0.491 e. The molecule has 0 aliphatic carbocycles. The van der Waals surface area contributed by atoms with Crippen molar-refractivity contribution in [2.75, 3.05) is 13.7 Å². The monoisotopic (exact) mass is 392 g/mol. The molecule has 0 atom stereocenters. The number of hydrogen-bond acceptors (Lipinski definition) is 5. The van der Waals surface area contributed by atoms with Gasteiger partial charge in [0, 0.05) is 18.0 Å². The van der Waals surface area contributed by atoms with E-state index in [1.807, 2.05) is 6.92 Å². The number of imidazole rings is 1. The zero-order chi connectivity index (χ0) is 18.7. The summed E-state index contributed by atoms with van der Waals surface area (Å²) in [5.41, 5.74) is 0.503. The van der Waals surface area contributed by atoms with Gasteiger partial charge in [0.15, 0.2) is 17.3 Å². The molecule has 8 heteroatoms. The predicted molar refractivity (Wildman–Crippen MR) is 99.4 cm³/mol. The standard InChI is InChI=1S/C18H17ClN2O4S/c1-3-25-16-12-13(11-15(19)17(16)24-2)18-20-9-10-21(18)26(22,23)14-7-5-4-6-8-14/h4-12H,3H2,1-2H3. The Morgan fingerprint density at radius 1 is 1.19 bits per heavy atom. The second-order valence-electron chi connectivity index (χ2n) is 5.29. The summed E-state index contributed by atoms with van der Waals surface area (Å²) in [6.07, 6.45) is 2.82. The van der Waals surface area contributed by atoms with E-state index in [1.54, 1.807) is 30.3 Å². The molecule has 1 heterocycles. The summed E-state index contributed by atoms with van der Waals surface area (Å²) in [5, 5.41) is 0.306. The summed E-state index contributed by atoms with van der Waals surface area (Å²) in [7, 11) is -2.30. The highest BCUT2D eigenvalue weighted by Gasteiger charge is 2.22. The fraction of sp³-hybridized carbons (Fsp3) is 0.167. The van der Waals surface area contributed by atoms with Gasteiger partial charge in [-0.15, -0.1) is 0 Å². The molecule has 0 bridgehead atoms. The van der Waals surface area contributed by atoms with Gasteiger partial charge < -0.3 is 9.47 Å². The Morgan fingerprint density at radius 2 is 1.92 bits per heavy atom. The fourth-order valence-electron chi connectivity index (χ4n) is 2.55. The van der Waals surface area contributed by atoms with Gasteiger partial charge >= 0.3 is 0 Å². The van der Waals surface area contributed by atoms with Gasteiger partial charge in [-0.3, -0.25) is 0 Å². The molecule has 0 aliphatic heterocycles. The molecule has 0 radical (unpaired) electrons. The van der Waals surface area contributed by atoms with Gasteiger partial charge in [0.1, 0.15) is 0 Å². The van der Waals surface area contributed by atoms with Gasteiger partial charge in [-0.1, -0.05) is 29.8 Å². The number of rotatable bonds is 6. The second-order valence-corrected chi connectivity index (χ2v) is 7.51. The number of hydrogen-bond donors (Lipinski definition) is 0. The third-order valence-electron chi connectivity index (χ3n) is 3.68. The summed E-state index contributed by atoms with van der Waals surface area (Å²) in [4.78, 5) is 4.38. The predicted octanol–water partition coefficient (Wildman–Crippen LogP) is 3.85. The molecule has 0 saturated heterocycles. The van der Waals surface area contributed by atoms with E-state index in [0.29, 0.717) is 28.7 Å². The maximum Gasteiger partial charge on any atom is 0.269 e. The van der Waals surface area contributed by atoms with Crippen LogP contribution in [0.2, 0.25) is 5.02 Å². The van der Waals surface area contributed by atoms with Gasteiger partial charge in [-0.25, -0.2) is 17.4 Å². The normalized spacial score (nSPS) is 11.3. The lowest BCUT2D eigenvalue weighted by Gasteiger charge is -2.14. The van der Waals surface area contributed by atoms with Crippen LogP contribution in [-0.2, 0) is 10.0 Å². The van der Waals surface area contributed by atoms with Crippen LogP contribution >= 0.6 is 11.6 Å². The van der Waals surface area contributed by atoms with Crippen molar-refractivity contribution in [1.82, 2.24) is 8.96 Å². The van der Waals surface area contributed by atoms with Crippen LogP contribution < -0.4 is 9.47 Å². The number of aromatic nitrogens is 2. The van der Waals surface area contributed by atoms with E-state index in [9.17, 15) is 8.42 Å². The Hall–Kier alpha value is -2.51. The molecule has 1 aromatic heterocycles. The van der Waals surface area contributed by atoms with E-state index < -0.39 is 10.0 Å². The molecule has 0 unspecified atom stereocenters. The third kappa shape index (κ3) is 3.27. The van der Waals surface area contributed by atoms with Crippen LogP contribution in [-0.4, -0.2) is 31.1 Å². The molecule has 2 aromatic carbocycles. The van der Waals surface area contributed by atoms with Crippen LogP contribution in [0.1, 0.15) is 6.92 Å². The Labute approximate surface area is 157 Å². The first-order chi connectivity index (χ1) is 12.5. The number of halogens is 1. The fourth-order valence-corrected chi connectivity index (χ4v) is 4.16. The lowest BCUT2D eigenvalue weighted by atomic mass is 10.2. The number of ether oxygens (including phenoxy) is 2. The van der Waals surface area contributed by atoms with E-state index in [0.717, 1.165) is 3.97 Å². The highest BCUT2D eigenvalue weighted by Crippen LogP contribution is 2.39. The van der Waals surface area contributed by atoms with Crippen LogP contribution in [0.5, 0.6) is 11.5 Å². The van der Waals surface area contributed by atoms with Crippen molar-refractivity contribution >= 4 is 21.6 Å². The first kappa shape index (κ1) is 18.3. The molecule has 0 fully saturated rings. The molecule has 0 spiro atoms. The Bertz CT molecular complexity index is 1020. The maximum atomic E-state index is 12.9. The average molecular weight is 393 g/mol. The first-order valence-electron chi connectivity index (χ1n) is 7.83. The molecule has 136 valence electrons. The number of nitrogens with zero attached hydrogens (tertiary/aromatic N) is 2. The summed E-state index contributed by atoms with van der Waals surface area (Å²) >= 11 is 6.28. The second kappa shape index (κ2) is 7.39. The number of methoxy groups -OCH3 is 1. The lowest BCUT2D eigenvalue weighted by Crippen LogP contribution is -2.13. The maximum absolute atomic E-state index is 12.9. The van der Waals surface area contributed by atoms with Gasteiger partial charge in [-0.2, -0.15) is 0 Å². The van der Waals surface area contributed by atoms with E-state index in [-0.39, 0.29) is 10.7 Å². The first-order valence-corrected chi connectivity index (χ1v) is 9.65. The smallest absolute Gasteiger partial charge is 0.269 e. The zero-order valence-electron chi connectivity index (χ0n) is 14.2. The van der Waals surface area contributed by atoms with Crippen LogP contribution in [0.15, 0.2) is 59.8 Å². The Kier molecular flexibility index (Phi) is 5.20. The van der Waals surface area contributed by atoms with Crippen molar-refractivity contribution in [2.24, 2.45) is 0 Å². The van der Waals surface area contributed by atoms with Crippen molar-refractivity contribution in [3.05, 3.63) is 59.9 Å². The molecule has 0 saturated carbocycles. The molecule has 0 amide bonds.